The number of hydrogen-bond acceptors (Lipinski definition) is 9. The smallest absolute Gasteiger partial charge is 0.243 e. The molecular weight excluding hydrogens is 474 g/mol. The van der Waals surface area contributed by atoms with Gasteiger partial charge in [0.1, 0.15) is 6.29 Å². The molecule has 4 rings (SSSR count). The molecule has 2 amide bonds. The van der Waals surface area contributed by atoms with Crippen molar-refractivity contribution >= 4 is 36.4 Å². The molecule has 1 aromatic carbocycles. The van der Waals surface area contributed by atoms with E-state index >= 15 is 0 Å². The molecule has 1 aromatic rings. The monoisotopic (exact) mass is 517 g/mol. The molecular formula is C27H43N5O5. The molecule has 10 heteroatoms. The Kier molecular flexibility index (Phi) is 14.5. The van der Waals surface area contributed by atoms with E-state index in [1.807, 2.05) is 40.0 Å². The summed E-state index contributed by atoms with van der Waals surface area (Å²) >= 11 is 0. The molecule has 10 nitrogen and oxygen atoms in total. The molecule has 206 valence electrons. The minimum Gasteiger partial charge on any atom is -0.370 e. The van der Waals surface area contributed by atoms with Gasteiger partial charge in [0.05, 0.1) is 6.04 Å². The summed E-state index contributed by atoms with van der Waals surface area (Å²) in [6, 6.07) is 5.30. The highest BCUT2D eigenvalue weighted by Crippen LogP contribution is 2.41. The topological polar surface area (TPSA) is 128 Å². The Morgan fingerprint density at radius 1 is 1.03 bits per heavy atom. The summed E-state index contributed by atoms with van der Waals surface area (Å²) < 4.78 is 0. The van der Waals surface area contributed by atoms with Crippen molar-refractivity contribution in [3.8, 4) is 0 Å². The van der Waals surface area contributed by atoms with Crippen LogP contribution in [0.1, 0.15) is 60.7 Å². The summed E-state index contributed by atoms with van der Waals surface area (Å²) in [7, 11) is 3.69. The van der Waals surface area contributed by atoms with Gasteiger partial charge in [-0.2, -0.15) is 0 Å². The van der Waals surface area contributed by atoms with E-state index in [1.54, 1.807) is 13.1 Å². The summed E-state index contributed by atoms with van der Waals surface area (Å²) in [5, 5.41) is 8.22. The zero-order valence-electron chi connectivity index (χ0n) is 22.8. The maximum atomic E-state index is 11.0. The average Bonchev–Trinajstić information content (AvgIpc) is 2.88. The van der Waals surface area contributed by atoms with Crippen LogP contribution < -0.4 is 20.9 Å². The molecule has 3 aliphatic heterocycles. The Bertz CT molecular complexity index is 893. The second-order valence-electron chi connectivity index (χ2n) is 9.09. The van der Waals surface area contributed by atoms with E-state index in [1.165, 1.54) is 0 Å². The van der Waals surface area contributed by atoms with Gasteiger partial charge in [-0.3, -0.25) is 24.5 Å². The first-order valence-corrected chi connectivity index (χ1v) is 13.0. The third kappa shape index (κ3) is 9.46. The third-order valence-electron chi connectivity index (χ3n) is 6.29. The zero-order chi connectivity index (χ0) is 27.8. The van der Waals surface area contributed by atoms with Crippen molar-refractivity contribution in [2.24, 2.45) is 5.41 Å². The van der Waals surface area contributed by atoms with E-state index in [0.29, 0.717) is 35.8 Å². The number of piperidine rings is 1. The molecule has 3 N–H and O–H groups in total. The van der Waals surface area contributed by atoms with Crippen LogP contribution in [0.5, 0.6) is 0 Å². The summed E-state index contributed by atoms with van der Waals surface area (Å²) in [6.45, 7) is 12.4. The highest BCUT2D eigenvalue weighted by molar-refractivity contribution is 6.00. The number of nitrogens with one attached hydrogen (secondary N) is 3. The van der Waals surface area contributed by atoms with Gasteiger partial charge in [-0.15, -0.1) is 0 Å². The lowest BCUT2D eigenvalue weighted by Gasteiger charge is -2.61. The highest BCUT2D eigenvalue weighted by atomic mass is 16.2. The maximum Gasteiger partial charge on any atom is 0.243 e. The zero-order valence-corrected chi connectivity index (χ0v) is 22.8. The fraction of sp³-hybridized carbons (Fsp3) is 0.593. The van der Waals surface area contributed by atoms with E-state index in [4.69, 9.17) is 0 Å². The number of likely N-dealkylation sites (tertiary alicyclic amines) is 1. The number of rotatable bonds is 8. The normalized spacial score (nSPS) is 19.3. The van der Waals surface area contributed by atoms with E-state index in [9.17, 15) is 24.0 Å². The first-order chi connectivity index (χ1) is 17.8. The largest absolute Gasteiger partial charge is 0.370 e. The van der Waals surface area contributed by atoms with Crippen LogP contribution >= 0.6 is 0 Å². The van der Waals surface area contributed by atoms with Gasteiger partial charge in [-0.1, -0.05) is 20.8 Å². The number of aldehydes is 3. The molecule has 37 heavy (non-hydrogen) atoms. The first kappa shape index (κ1) is 32.1. The van der Waals surface area contributed by atoms with Crippen LogP contribution in [-0.2, 0) is 14.4 Å². The Morgan fingerprint density at radius 2 is 1.65 bits per heavy atom. The quantitative estimate of drug-likeness (QED) is 0.345. The maximum absolute atomic E-state index is 11.0. The van der Waals surface area contributed by atoms with Gasteiger partial charge < -0.3 is 25.2 Å². The van der Waals surface area contributed by atoms with Gasteiger partial charge in [-0.05, 0) is 38.7 Å². The van der Waals surface area contributed by atoms with Crippen molar-refractivity contribution in [1.29, 1.82) is 0 Å². The van der Waals surface area contributed by atoms with E-state index < -0.39 is 0 Å². The Balaban J connectivity index is 0.000000357. The Morgan fingerprint density at radius 3 is 2.14 bits per heavy atom. The van der Waals surface area contributed by atoms with Crippen molar-refractivity contribution in [1.82, 2.24) is 20.9 Å². The summed E-state index contributed by atoms with van der Waals surface area (Å²) in [5.41, 5.74) is 2.43. The van der Waals surface area contributed by atoms with Gasteiger partial charge in [0, 0.05) is 74.3 Å². The van der Waals surface area contributed by atoms with Crippen LogP contribution in [0, 0.1) is 5.41 Å². The summed E-state index contributed by atoms with van der Waals surface area (Å²) in [6.07, 6.45) is 4.06. The molecule has 1 atom stereocenters. The van der Waals surface area contributed by atoms with Crippen molar-refractivity contribution in [2.45, 2.75) is 46.1 Å². The highest BCUT2D eigenvalue weighted by Gasteiger charge is 2.51. The third-order valence-corrected chi connectivity index (χ3v) is 6.29. The van der Waals surface area contributed by atoms with Crippen molar-refractivity contribution in [3.05, 3.63) is 29.3 Å². The molecule has 1 unspecified atom stereocenters. The molecule has 3 saturated heterocycles. The lowest BCUT2D eigenvalue weighted by atomic mass is 9.72. The molecule has 3 aliphatic rings. The van der Waals surface area contributed by atoms with Crippen LogP contribution in [0.15, 0.2) is 18.2 Å². The summed E-state index contributed by atoms with van der Waals surface area (Å²) in [5.74, 6) is -0.379. The number of carbonyl (C=O) groups is 5. The second kappa shape index (κ2) is 16.7. The van der Waals surface area contributed by atoms with E-state index in [0.717, 1.165) is 63.8 Å². The molecule has 0 saturated carbocycles. The van der Waals surface area contributed by atoms with Crippen LogP contribution in [0.3, 0.4) is 0 Å². The van der Waals surface area contributed by atoms with E-state index in [2.05, 4.69) is 25.8 Å². The lowest BCUT2D eigenvalue weighted by Crippen LogP contribution is -2.72. The van der Waals surface area contributed by atoms with Crippen LogP contribution in [-0.4, -0.2) is 95.0 Å². The molecule has 1 spiro atoms. The number of imide groups is 1. The number of anilines is 1. The second-order valence-corrected chi connectivity index (χ2v) is 9.09. The number of likely N-dealkylation sites (N-methyl/N-ethyl adjacent to an activating group) is 2. The number of amides is 2. The van der Waals surface area contributed by atoms with Gasteiger partial charge >= 0.3 is 0 Å². The summed E-state index contributed by atoms with van der Waals surface area (Å²) in [4.78, 5) is 57.2. The van der Waals surface area contributed by atoms with Crippen molar-refractivity contribution in [3.63, 3.8) is 0 Å². The van der Waals surface area contributed by atoms with Gasteiger partial charge in [0.15, 0.2) is 12.6 Å². The predicted octanol–water partition coefficient (Wildman–Crippen LogP) is 1.29. The minimum absolute atomic E-state index is 0.170. The molecule has 3 heterocycles. The lowest BCUT2D eigenvalue weighted by molar-refractivity contribution is -0.134. The molecule has 3 fully saturated rings. The fourth-order valence-electron chi connectivity index (χ4n) is 4.41. The molecule has 0 aromatic heterocycles. The average molecular weight is 518 g/mol. The van der Waals surface area contributed by atoms with Crippen LogP contribution in [0.4, 0.5) is 5.69 Å². The van der Waals surface area contributed by atoms with Crippen LogP contribution in [0.2, 0.25) is 0 Å². The fourth-order valence-corrected chi connectivity index (χ4v) is 4.41. The van der Waals surface area contributed by atoms with Crippen LogP contribution in [0.25, 0.3) is 0 Å². The Labute approximate surface area is 220 Å². The molecule has 0 bridgehead atoms. The number of hydrogen-bond donors (Lipinski definition) is 3. The number of benzene rings is 1. The Hall–Kier alpha value is -2.95. The minimum atomic E-state index is -0.209. The van der Waals surface area contributed by atoms with E-state index in [-0.39, 0.29) is 17.9 Å². The van der Waals surface area contributed by atoms with Crippen molar-refractivity contribution in [2.75, 3.05) is 58.3 Å². The molecule has 0 radical (unpaired) electrons. The van der Waals surface area contributed by atoms with Gasteiger partial charge in [-0.25, -0.2) is 0 Å². The van der Waals surface area contributed by atoms with Crippen molar-refractivity contribution < 1.29 is 24.0 Å². The predicted molar refractivity (Wildman–Crippen MR) is 145 cm³/mol. The van der Waals surface area contributed by atoms with Gasteiger partial charge in [0.2, 0.25) is 11.8 Å². The first-order valence-electron chi connectivity index (χ1n) is 13.0. The number of carbonyl (C=O) groups excluding carboxylic acids is 5. The molecule has 0 aliphatic carbocycles. The van der Waals surface area contributed by atoms with Gasteiger partial charge in [0.25, 0.3) is 0 Å². The number of nitrogens with zero attached hydrogens (tertiary/aromatic N) is 2. The SMILES string of the molecule is CC.CCC=O.CNC1CCC(=O)NC1=O.CNCCN1CC2(C1)CN(c1ccc(C=O)c(C=O)c1)C2. The standard InChI is InChI=1S/C16H21N3O2.C6H10N2O2.C3H6O.C2H6/c1-17-4-5-18-9-16(10-18)11-19(12-16)15-3-2-13(7-20)14(6-15)8-21;1-7-4-2-3-5(9)8-6(4)10;1-2-3-4;1-2/h2-3,6-8,17H,4-5,9-12H2,1H3;4,7H,2-3H2,1H3,(H,8,9,10);3H,2H2,1H3;1-2H3.